The molecule has 0 bridgehead atoms. The van der Waals surface area contributed by atoms with Crippen molar-refractivity contribution in [3.63, 3.8) is 0 Å². The van der Waals surface area contributed by atoms with Crippen molar-refractivity contribution in [2.24, 2.45) is 17.7 Å². The van der Waals surface area contributed by atoms with Crippen molar-refractivity contribution >= 4 is 0 Å². The van der Waals surface area contributed by atoms with E-state index in [-0.39, 0.29) is 0 Å². The van der Waals surface area contributed by atoms with Crippen LogP contribution in [0.25, 0.3) is 0 Å². The van der Waals surface area contributed by atoms with Crippen molar-refractivity contribution in [2.75, 3.05) is 6.61 Å². The smallest absolute Gasteiger partial charge is 0.0769 e. The predicted molar refractivity (Wildman–Crippen MR) is 61.2 cm³/mol. The second-order valence-electron chi connectivity index (χ2n) is 5.05. The summed E-state index contributed by atoms with van der Waals surface area (Å²) in [6.07, 6.45) is 8.38. The van der Waals surface area contributed by atoms with Gasteiger partial charge < -0.3 is 4.74 Å². The van der Waals surface area contributed by atoms with E-state index in [1.165, 1.54) is 38.5 Å². The van der Waals surface area contributed by atoms with E-state index in [4.69, 9.17) is 10.6 Å². The van der Waals surface area contributed by atoms with E-state index in [0.29, 0.717) is 12.1 Å². The zero-order chi connectivity index (χ0) is 10.7. The zero-order valence-electron chi connectivity index (χ0n) is 9.74. The van der Waals surface area contributed by atoms with E-state index in [9.17, 15) is 0 Å². The van der Waals surface area contributed by atoms with E-state index >= 15 is 0 Å². The van der Waals surface area contributed by atoms with Crippen LogP contribution >= 0.6 is 0 Å². The van der Waals surface area contributed by atoms with Gasteiger partial charge in [0, 0.05) is 12.6 Å². The topological polar surface area (TPSA) is 47.3 Å². The van der Waals surface area contributed by atoms with Gasteiger partial charge in [-0.2, -0.15) is 0 Å². The van der Waals surface area contributed by atoms with Gasteiger partial charge in [0.1, 0.15) is 0 Å². The summed E-state index contributed by atoms with van der Waals surface area (Å²) in [4.78, 5) is 0. The third-order valence-corrected chi connectivity index (χ3v) is 3.64. The molecular formula is C12H24N2O. The first-order valence-electron chi connectivity index (χ1n) is 6.42. The fraction of sp³-hybridized carbons (Fsp3) is 1.00. The lowest BCUT2D eigenvalue weighted by Gasteiger charge is -2.26. The molecule has 0 aliphatic heterocycles. The monoisotopic (exact) mass is 212 g/mol. The summed E-state index contributed by atoms with van der Waals surface area (Å²) in [7, 11) is 0. The van der Waals surface area contributed by atoms with Crippen LogP contribution in [0.3, 0.4) is 0 Å². The van der Waals surface area contributed by atoms with Gasteiger partial charge in [0.2, 0.25) is 0 Å². The van der Waals surface area contributed by atoms with Gasteiger partial charge >= 0.3 is 0 Å². The molecule has 0 aromatic rings. The van der Waals surface area contributed by atoms with Crippen LogP contribution in [0.15, 0.2) is 0 Å². The normalized spacial score (nSPS) is 25.2. The second-order valence-corrected chi connectivity index (χ2v) is 5.05. The molecule has 0 heterocycles. The van der Waals surface area contributed by atoms with Crippen LogP contribution in [-0.2, 0) is 4.74 Å². The van der Waals surface area contributed by atoms with Crippen LogP contribution in [0, 0.1) is 11.8 Å². The van der Waals surface area contributed by atoms with Crippen LogP contribution in [0.5, 0.6) is 0 Å². The lowest BCUT2D eigenvalue weighted by Crippen LogP contribution is -2.46. The third kappa shape index (κ3) is 3.44. The summed E-state index contributed by atoms with van der Waals surface area (Å²) in [5.41, 5.74) is 2.97. The Bertz CT molecular complexity index is 190. The summed E-state index contributed by atoms with van der Waals surface area (Å²) in [6.45, 7) is 2.88. The molecule has 0 saturated heterocycles. The summed E-state index contributed by atoms with van der Waals surface area (Å²) < 4.78 is 5.83. The highest BCUT2D eigenvalue weighted by Gasteiger charge is 2.37. The largest absolute Gasteiger partial charge is 0.377 e. The quantitative estimate of drug-likeness (QED) is 0.476. The molecule has 15 heavy (non-hydrogen) atoms. The number of nitrogens with two attached hydrogens (primary N) is 1. The van der Waals surface area contributed by atoms with Crippen LogP contribution in [0.4, 0.5) is 0 Å². The van der Waals surface area contributed by atoms with Gasteiger partial charge in [-0.05, 0) is 44.4 Å². The maximum atomic E-state index is 5.83. The van der Waals surface area contributed by atoms with Crippen molar-refractivity contribution < 1.29 is 4.74 Å². The van der Waals surface area contributed by atoms with Gasteiger partial charge in [-0.1, -0.05) is 12.8 Å². The van der Waals surface area contributed by atoms with E-state index in [1.807, 2.05) is 0 Å². The average Bonchev–Trinajstić information content (AvgIpc) is 3.10. The summed E-state index contributed by atoms with van der Waals surface area (Å²) in [5.74, 6) is 7.40. The summed E-state index contributed by atoms with van der Waals surface area (Å²) in [6, 6.07) is 0.373. The maximum absolute atomic E-state index is 5.83. The fourth-order valence-corrected chi connectivity index (χ4v) is 2.36. The van der Waals surface area contributed by atoms with Crippen LogP contribution in [0.1, 0.15) is 45.4 Å². The molecule has 2 unspecified atom stereocenters. The molecule has 88 valence electrons. The first-order valence-corrected chi connectivity index (χ1v) is 6.42. The molecule has 0 aromatic heterocycles. The van der Waals surface area contributed by atoms with Gasteiger partial charge in [-0.25, -0.2) is 0 Å². The number of ether oxygens (including phenoxy) is 1. The van der Waals surface area contributed by atoms with E-state index < -0.39 is 0 Å². The molecule has 0 radical (unpaired) electrons. The molecule has 2 fully saturated rings. The highest BCUT2D eigenvalue weighted by atomic mass is 16.5. The van der Waals surface area contributed by atoms with Gasteiger partial charge in [-0.15, -0.1) is 0 Å². The zero-order valence-corrected chi connectivity index (χ0v) is 9.74. The predicted octanol–water partition coefficient (Wildman–Crippen LogP) is 1.82. The van der Waals surface area contributed by atoms with E-state index in [0.717, 1.165) is 18.4 Å². The molecular weight excluding hydrogens is 188 g/mol. The number of hydrogen-bond acceptors (Lipinski definition) is 3. The minimum atomic E-state index is 0.360. The van der Waals surface area contributed by atoms with Crippen molar-refractivity contribution in [1.82, 2.24) is 5.43 Å². The van der Waals surface area contributed by atoms with Crippen molar-refractivity contribution in [2.45, 2.75) is 57.6 Å². The fourth-order valence-electron chi connectivity index (χ4n) is 2.36. The van der Waals surface area contributed by atoms with Crippen molar-refractivity contribution in [3.8, 4) is 0 Å². The minimum absolute atomic E-state index is 0.360. The molecule has 0 aromatic carbocycles. The third-order valence-electron chi connectivity index (χ3n) is 3.64. The van der Waals surface area contributed by atoms with Gasteiger partial charge in [-0.3, -0.25) is 11.3 Å². The number of rotatable bonds is 8. The van der Waals surface area contributed by atoms with Gasteiger partial charge in [0.25, 0.3) is 0 Å². The highest BCUT2D eigenvalue weighted by Crippen LogP contribution is 2.38. The molecule has 2 aliphatic rings. The van der Waals surface area contributed by atoms with Crippen LogP contribution in [-0.4, -0.2) is 18.8 Å². The van der Waals surface area contributed by atoms with Gasteiger partial charge in [0.15, 0.2) is 0 Å². The standard InChI is InChI=1S/C12H24N2O/c1-2-15-12(10-6-7-10)11(14-13)8-5-9-3-4-9/h9-12,14H,2-8,13H2,1H3. The SMILES string of the molecule is CCOC(C1CC1)C(CCC1CC1)NN. The lowest BCUT2D eigenvalue weighted by molar-refractivity contribution is 0.0161. The Morgan fingerprint density at radius 1 is 1.33 bits per heavy atom. The lowest BCUT2D eigenvalue weighted by atomic mass is 10.0. The molecule has 2 atom stereocenters. The van der Waals surface area contributed by atoms with Crippen molar-refractivity contribution in [3.05, 3.63) is 0 Å². The Morgan fingerprint density at radius 3 is 2.53 bits per heavy atom. The number of hydrogen-bond donors (Lipinski definition) is 2. The second kappa shape index (κ2) is 5.28. The molecule has 3 heteroatoms. The number of hydrazine groups is 1. The Kier molecular flexibility index (Phi) is 4.00. The Morgan fingerprint density at radius 2 is 2.07 bits per heavy atom. The molecule has 2 aliphatic carbocycles. The maximum Gasteiger partial charge on any atom is 0.0769 e. The molecule has 0 amide bonds. The molecule has 2 rings (SSSR count). The highest BCUT2D eigenvalue weighted by molar-refractivity contribution is 4.90. The molecule has 2 saturated carbocycles. The molecule has 3 N–H and O–H groups in total. The average molecular weight is 212 g/mol. The van der Waals surface area contributed by atoms with Crippen LogP contribution in [0.2, 0.25) is 0 Å². The molecule has 0 spiro atoms. The first-order chi connectivity index (χ1) is 7.35. The minimum Gasteiger partial charge on any atom is -0.377 e. The van der Waals surface area contributed by atoms with Gasteiger partial charge in [0.05, 0.1) is 6.10 Å². The molecule has 3 nitrogen and oxygen atoms in total. The number of nitrogens with one attached hydrogen (secondary N) is 1. The summed E-state index contributed by atoms with van der Waals surface area (Å²) in [5, 5.41) is 0. The summed E-state index contributed by atoms with van der Waals surface area (Å²) >= 11 is 0. The first kappa shape index (κ1) is 11.4. The van der Waals surface area contributed by atoms with Crippen molar-refractivity contribution in [1.29, 1.82) is 0 Å². The van der Waals surface area contributed by atoms with E-state index in [1.54, 1.807) is 0 Å². The van der Waals surface area contributed by atoms with Crippen LogP contribution < -0.4 is 11.3 Å². The van der Waals surface area contributed by atoms with E-state index in [2.05, 4.69) is 12.3 Å². The Balaban J connectivity index is 1.77. The Hall–Kier alpha value is -0.120. The Labute approximate surface area is 92.7 Å².